The summed E-state index contributed by atoms with van der Waals surface area (Å²) in [5, 5.41) is 3.12. The molecule has 3 aliphatic carbocycles. The average molecular weight is 523 g/mol. The van der Waals surface area contributed by atoms with Crippen LogP contribution in [0.15, 0.2) is 35.9 Å². The van der Waals surface area contributed by atoms with Crippen LogP contribution in [0.4, 0.5) is 4.79 Å². The molecule has 2 fully saturated rings. The molecule has 38 heavy (non-hydrogen) atoms. The van der Waals surface area contributed by atoms with Crippen LogP contribution in [0, 0.1) is 17.3 Å². The molecule has 6 heteroatoms. The van der Waals surface area contributed by atoms with Gasteiger partial charge in [-0.1, -0.05) is 57.4 Å². The number of unbranched alkanes of at least 4 members (excludes halogenated alkanes) is 2. The maximum atomic E-state index is 13.1. The first-order chi connectivity index (χ1) is 18.2. The number of urea groups is 1. The van der Waals surface area contributed by atoms with Crippen molar-refractivity contribution in [3.63, 3.8) is 0 Å². The van der Waals surface area contributed by atoms with Gasteiger partial charge in [0.25, 0.3) is 5.91 Å². The topological polar surface area (TPSA) is 55.9 Å². The van der Waals surface area contributed by atoms with Crippen LogP contribution in [-0.4, -0.2) is 78.5 Å². The highest BCUT2D eigenvalue weighted by Crippen LogP contribution is 2.59. The van der Waals surface area contributed by atoms with Gasteiger partial charge in [0.15, 0.2) is 0 Å². The van der Waals surface area contributed by atoms with Gasteiger partial charge >= 0.3 is 6.03 Å². The van der Waals surface area contributed by atoms with Crippen LogP contribution in [0.2, 0.25) is 0 Å². The zero-order valence-corrected chi connectivity index (χ0v) is 24.5. The molecule has 1 aromatic carbocycles. The van der Waals surface area contributed by atoms with Crippen LogP contribution in [0.5, 0.6) is 0 Å². The first-order valence-electron chi connectivity index (χ1n) is 15.0. The lowest BCUT2D eigenvalue weighted by Crippen LogP contribution is -2.54. The van der Waals surface area contributed by atoms with Crippen LogP contribution in [-0.2, 0) is 6.42 Å². The van der Waals surface area contributed by atoms with E-state index in [1.807, 2.05) is 35.8 Å². The van der Waals surface area contributed by atoms with Crippen LogP contribution in [0.1, 0.15) is 82.6 Å². The summed E-state index contributed by atoms with van der Waals surface area (Å²) in [6, 6.07) is 8.37. The Morgan fingerprint density at radius 1 is 1.08 bits per heavy atom. The number of hydrogen-bond acceptors (Lipinski definition) is 3. The minimum Gasteiger partial charge on any atom is -0.336 e. The molecule has 3 amide bonds. The molecule has 2 unspecified atom stereocenters. The van der Waals surface area contributed by atoms with Crippen molar-refractivity contribution >= 4 is 11.9 Å². The molecule has 5 rings (SSSR count). The van der Waals surface area contributed by atoms with Crippen LogP contribution < -0.4 is 5.32 Å². The highest BCUT2D eigenvalue weighted by Gasteiger charge is 2.51. The molecule has 210 valence electrons. The summed E-state index contributed by atoms with van der Waals surface area (Å²) in [5.74, 6) is 1.54. The van der Waals surface area contributed by atoms with E-state index in [2.05, 4.69) is 49.2 Å². The highest BCUT2D eigenvalue weighted by atomic mass is 16.2. The highest BCUT2D eigenvalue weighted by molar-refractivity contribution is 5.94. The van der Waals surface area contributed by atoms with Gasteiger partial charge in [-0.15, -0.1) is 0 Å². The Bertz CT molecular complexity index is 976. The van der Waals surface area contributed by atoms with Crippen molar-refractivity contribution in [2.24, 2.45) is 17.3 Å². The summed E-state index contributed by atoms with van der Waals surface area (Å²) >= 11 is 0. The third-order valence-electron chi connectivity index (χ3n) is 9.27. The zero-order valence-electron chi connectivity index (χ0n) is 24.5. The minimum atomic E-state index is 0.0344. The van der Waals surface area contributed by atoms with E-state index in [0.29, 0.717) is 17.9 Å². The molecule has 1 saturated heterocycles. The molecular formula is C32H50N4O2. The summed E-state index contributed by atoms with van der Waals surface area (Å²) in [4.78, 5) is 32.6. The predicted molar refractivity (Wildman–Crippen MR) is 155 cm³/mol. The maximum Gasteiger partial charge on any atom is 0.317 e. The Kier molecular flexibility index (Phi) is 9.56. The number of benzene rings is 1. The van der Waals surface area contributed by atoms with Gasteiger partial charge in [0.1, 0.15) is 0 Å². The normalized spacial score (nSPS) is 22.6. The fourth-order valence-corrected chi connectivity index (χ4v) is 6.48. The molecule has 1 saturated carbocycles. The molecule has 2 bridgehead atoms. The van der Waals surface area contributed by atoms with Gasteiger partial charge in [0.05, 0.1) is 0 Å². The van der Waals surface area contributed by atoms with E-state index >= 15 is 0 Å². The van der Waals surface area contributed by atoms with Crippen molar-refractivity contribution in [1.82, 2.24) is 20.0 Å². The number of aryl methyl sites for hydroxylation is 1. The summed E-state index contributed by atoms with van der Waals surface area (Å²) in [7, 11) is 0. The molecule has 1 N–H and O–H groups in total. The van der Waals surface area contributed by atoms with Crippen LogP contribution in [0.25, 0.3) is 0 Å². The second-order valence-electron chi connectivity index (χ2n) is 12.6. The van der Waals surface area contributed by atoms with E-state index in [1.54, 1.807) is 0 Å². The van der Waals surface area contributed by atoms with E-state index in [9.17, 15) is 9.59 Å². The number of amides is 3. The van der Waals surface area contributed by atoms with Gasteiger partial charge in [-0.25, -0.2) is 4.79 Å². The first-order valence-corrected chi connectivity index (χ1v) is 15.0. The fourth-order valence-electron chi connectivity index (χ4n) is 6.48. The average Bonchev–Trinajstić information content (AvgIpc) is 2.91. The van der Waals surface area contributed by atoms with Crippen molar-refractivity contribution < 1.29 is 9.59 Å². The number of carbonyl (C=O) groups excluding carboxylic acids is 2. The van der Waals surface area contributed by atoms with Crippen molar-refractivity contribution in [3.05, 3.63) is 47.0 Å². The Hall–Kier alpha value is -2.34. The molecule has 6 nitrogen and oxygen atoms in total. The Morgan fingerprint density at radius 3 is 2.39 bits per heavy atom. The van der Waals surface area contributed by atoms with E-state index in [4.69, 9.17) is 0 Å². The number of allylic oxidation sites excluding steroid dienone is 1. The lowest BCUT2D eigenvalue weighted by Gasteiger charge is -2.57. The lowest BCUT2D eigenvalue weighted by atomic mass is 9.49. The zero-order chi connectivity index (χ0) is 27.3. The molecule has 1 aliphatic heterocycles. The van der Waals surface area contributed by atoms with Gasteiger partial charge in [-0.2, -0.15) is 0 Å². The maximum absolute atomic E-state index is 13.1. The summed E-state index contributed by atoms with van der Waals surface area (Å²) in [6.45, 7) is 16.5. The van der Waals surface area contributed by atoms with Gasteiger partial charge in [0.2, 0.25) is 0 Å². The fraction of sp³-hybridized carbons (Fsp3) is 0.688. The van der Waals surface area contributed by atoms with Crippen molar-refractivity contribution in [2.75, 3.05) is 45.8 Å². The number of nitrogens with zero attached hydrogens (tertiary/aromatic N) is 3. The van der Waals surface area contributed by atoms with Crippen molar-refractivity contribution in [1.29, 1.82) is 0 Å². The lowest BCUT2D eigenvalue weighted by molar-refractivity contribution is -0.00986. The third-order valence-corrected chi connectivity index (χ3v) is 9.27. The van der Waals surface area contributed by atoms with Gasteiger partial charge in [0, 0.05) is 57.4 Å². The van der Waals surface area contributed by atoms with Gasteiger partial charge in [-0.3, -0.25) is 9.69 Å². The summed E-state index contributed by atoms with van der Waals surface area (Å²) < 4.78 is 0. The monoisotopic (exact) mass is 522 g/mol. The smallest absolute Gasteiger partial charge is 0.317 e. The van der Waals surface area contributed by atoms with Gasteiger partial charge < -0.3 is 15.1 Å². The van der Waals surface area contributed by atoms with Crippen LogP contribution >= 0.6 is 0 Å². The molecule has 2 atom stereocenters. The van der Waals surface area contributed by atoms with Crippen molar-refractivity contribution in [3.8, 4) is 0 Å². The molecule has 0 spiro atoms. The number of rotatable bonds is 11. The summed E-state index contributed by atoms with van der Waals surface area (Å²) in [6.07, 6.45) is 9.60. The Labute approximate surface area is 230 Å². The Balaban J connectivity index is 1.27. The van der Waals surface area contributed by atoms with E-state index in [-0.39, 0.29) is 18.0 Å². The van der Waals surface area contributed by atoms with E-state index in [0.717, 1.165) is 63.6 Å². The van der Waals surface area contributed by atoms with E-state index < -0.39 is 0 Å². The number of carbonyl (C=O) groups is 2. The molecule has 0 aromatic heterocycles. The third kappa shape index (κ3) is 6.80. The number of fused-ring (bicyclic) bond motifs is 1. The number of nitrogens with one attached hydrogen (secondary N) is 1. The van der Waals surface area contributed by atoms with Crippen molar-refractivity contribution in [2.45, 2.75) is 79.2 Å². The largest absolute Gasteiger partial charge is 0.336 e. The SMILES string of the molecule is CCCCCc1ccc(C(=O)N2CCN(CCN(CC3=CCC4CC3C4(C)C)C(=O)NC(C)C)CC2)cc1. The minimum absolute atomic E-state index is 0.0344. The van der Waals surface area contributed by atoms with E-state index in [1.165, 1.54) is 36.8 Å². The number of hydrogen-bond donors (Lipinski definition) is 1. The standard InChI is InChI=1S/C32H50N4O2/c1-6-7-8-9-25-10-12-26(13-11-25)30(37)35-19-16-34(17-20-35)18-21-36(31(38)33-24(2)3)23-27-14-15-28-22-29(27)32(28,4)5/h10-14,24,28-29H,6-9,15-23H2,1-5H3,(H,33,38). The molecule has 4 aliphatic rings. The predicted octanol–water partition coefficient (Wildman–Crippen LogP) is 5.59. The summed E-state index contributed by atoms with van der Waals surface area (Å²) in [5.41, 5.74) is 3.91. The molecule has 0 radical (unpaired) electrons. The molecular weight excluding hydrogens is 472 g/mol. The molecule has 1 heterocycles. The molecule has 1 aromatic rings. The quantitative estimate of drug-likeness (QED) is 0.304. The second-order valence-corrected chi connectivity index (χ2v) is 12.6. The second kappa shape index (κ2) is 12.7. The first kappa shape index (κ1) is 28.7. The Morgan fingerprint density at radius 2 is 1.79 bits per heavy atom. The number of piperazine rings is 1. The van der Waals surface area contributed by atoms with Gasteiger partial charge in [-0.05, 0) is 74.5 Å². The van der Waals surface area contributed by atoms with Crippen LogP contribution in [0.3, 0.4) is 0 Å².